The van der Waals surface area contributed by atoms with Gasteiger partial charge in [0.05, 0.1) is 19.9 Å². The standard InChI is InChI=1S/C30H37N3O5S4/c1-21(32-11-15-39-27-8-6-24(37-2)17-22(27)19-32)29(35)31-10-14-42-41-13-4-5-26(34)30(36)33-12-16-40-28-9-7-25(38-3)18-23(28)20-33/h6-9,17-18H,1,4-5,10-16,19-20H2,2-3H3,(H,31,35). The van der Waals surface area contributed by atoms with Crippen molar-refractivity contribution in [3.63, 3.8) is 0 Å². The maximum atomic E-state index is 12.8. The predicted molar refractivity (Wildman–Crippen MR) is 175 cm³/mol. The first-order valence-electron chi connectivity index (χ1n) is 13.8. The smallest absolute Gasteiger partial charge is 0.290 e. The van der Waals surface area contributed by atoms with Crippen LogP contribution < -0.4 is 14.8 Å². The van der Waals surface area contributed by atoms with Crippen LogP contribution in [-0.2, 0) is 27.5 Å². The molecule has 0 bridgehead atoms. The highest BCUT2D eigenvalue weighted by molar-refractivity contribution is 8.76. The van der Waals surface area contributed by atoms with E-state index < -0.39 is 5.91 Å². The monoisotopic (exact) mass is 647 g/mol. The average molecular weight is 648 g/mol. The van der Waals surface area contributed by atoms with Crippen LogP contribution in [0.4, 0.5) is 0 Å². The lowest BCUT2D eigenvalue weighted by Crippen LogP contribution is -2.37. The molecule has 0 saturated heterocycles. The van der Waals surface area contributed by atoms with Crippen molar-refractivity contribution in [2.45, 2.75) is 35.7 Å². The van der Waals surface area contributed by atoms with E-state index in [1.807, 2.05) is 35.2 Å². The van der Waals surface area contributed by atoms with Crippen LogP contribution in [0, 0.1) is 0 Å². The van der Waals surface area contributed by atoms with Crippen molar-refractivity contribution in [2.24, 2.45) is 0 Å². The van der Waals surface area contributed by atoms with Crippen LogP contribution in [0.2, 0.25) is 0 Å². The van der Waals surface area contributed by atoms with Gasteiger partial charge in [0.15, 0.2) is 0 Å². The van der Waals surface area contributed by atoms with Crippen LogP contribution in [0.1, 0.15) is 24.0 Å². The van der Waals surface area contributed by atoms with Gasteiger partial charge in [-0.05, 0) is 53.9 Å². The van der Waals surface area contributed by atoms with Gasteiger partial charge in [0.25, 0.3) is 11.8 Å². The van der Waals surface area contributed by atoms with E-state index >= 15 is 0 Å². The molecule has 0 atom stereocenters. The van der Waals surface area contributed by atoms with Crippen molar-refractivity contribution in [1.82, 2.24) is 15.1 Å². The van der Waals surface area contributed by atoms with Crippen molar-refractivity contribution < 1.29 is 23.9 Å². The maximum absolute atomic E-state index is 12.8. The molecule has 2 aromatic carbocycles. The summed E-state index contributed by atoms with van der Waals surface area (Å²) >= 11 is 3.48. The molecule has 2 heterocycles. The van der Waals surface area contributed by atoms with Crippen LogP contribution in [0.3, 0.4) is 0 Å². The SMILES string of the molecule is C=C(C(=O)NCCSSCCCC(=O)C(=O)N1CCSc2ccc(OC)cc2C1)N1CCSc2ccc(OC)cc2C1. The Bertz CT molecular complexity index is 1190. The number of nitrogens with zero attached hydrogens (tertiary/aromatic N) is 2. The fourth-order valence-corrected chi connectivity index (χ4v) is 8.55. The number of carbonyl (C=O) groups is 3. The molecular weight excluding hydrogens is 611 g/mol. The summed E-state index contributed by atoms with van der Waals surface area (Å²) in [6.07, 6.45) is 0.873. The molecule has 2 aliphatic rings. The van der Waals surface area contributed by atoms with Gasteiger partial charge in [-0.2, -0.15) is 0 Å². The fraction of sp³-hybridized carbons (Fsp3) is 0.433. The minimum atomic E-state index is -0.405. The quantitative estimate of drug-likeness (QED) is 0.137. The second-order valence-corrected chi connectivity index (χ2v) is 14.6. The molecule has 0 aliphatic carbocycles. The molecule has 42 heavy (non-hydrogen) atoms. The van der Waals surface area contributed by atoms with Gasteiger partial charge in [-0.25, -0.2) is 0 Å². The van der Waals surface area contributed by atoms with E-state index in [4.69, 9.17) is 9.47 Å². The second-order valence-electron chi connectivity index (χ2n) is 9.67. The minimum Gasteiger partial charge on any atom is -0.497 e. The van der Waals surface area contributed by atoms with Crippen molar-refractivity contribution >= 4 is 62.7 Å². The minimum absolute atomic E-state index is 0.158. The summed E-state index contributed by atoms with van der Waals surface area (Å²) in [5.74, 6) is 3.79. The Hall–Kier alpha value is -2.41. The van der Waals surface area contributed by atoms with E-state index in [0.717, 1.165) is 57.1 Å². The van der Waals surface area contributed by atoms with Crippen LogP contribution in [0.15, 0.2) is 58.5 Å². The summed E-state index contributed by atoms with van der Waals surface area (Å²) in [4.78, 5) is 44.2. The average Bonchev–Trinajstić information content (AvgIpc) is 3.36. The molecule has 0 fully saturated rings. The Kier molecular flexibility index (Phi) is 12.7. The van der Waals surface area contributed by atoms with Crippen LogP contribution in [0.25, 0.3) is 0 Å². The maximum Gasteiger partial charge on any atom is 0.290 e. The van der Waals surface area contributed by atoms with Gasteiger partial charge in [-0.15, -0.1) is 23.5 Å². The number of ketones is 1. The fourth-order valence-electron chi connectivity index (χ4n) is 4.54. The number of carbonyl (C=O) groups excluding carboxylic acids is 3. The lowest BCUT2D eigenvalue weighted by molar-refractivity contribution is -0.144. The van der Waals surface area contributed by atoms with Crippen molar-refractivity contribution in [3.8, 4) is 11.5 Å². The molecule has 2 aromatic rings. The molecule has 0 saturated carbocycles. The molecule has 0 spiro atoms. The lowest BCUT2D eigenvalue weighted by Gasteiger charge is -2.24. The molecule has 4 rings (SSSR count). The number of benzene rings is 2. The number of rotatable bonds is 13. The molecule has 12 heteroatoms. The van der Waals surface area contributed by atoms with Gasteiger partial charge < -0.3 is 24.6 Å². The molecule has 0 aromatic heterocycles. The van der Waals surface area contributed by atoms with Crippen LogP contribution in [0.5, 0.6) is 11.5 Å². The molecular formula is C30H37N3O5S4. The lowest BCUT2D eigenvalue weighted by atomic mass is 10.1. The highest BCUT2D eigenvalue weighted by Gasteiger charge is 2.25. The van der Waals surface area contributed by atoms with E-state index in [1.54, 1.807) is 64.2 Å². The Morgan fingerprint density at radius 2 is 1.45 bits per heavy atom. The Morgan fingerprint density at radius 3 is 2.07 bits per heavy atom. The number of thioether (sulfide) groups is 2. The number of hydrogen-bond donors (Lipinski definition) is 1. The van der Waals surface area contributed by atoms with Gasteiger partial charge in [-0.3, -0.25) is 14.4 Å². The molecule has 226 valence electrons. The third kappa shape index (κ3) is 9.05. The number of ether oxygens (including phenoxy) is 2. The Balaban J connectivity index is 1.10. The largest absolute Gasteiger partial charge is 0.497 e. The summed E-state index contributed by atoms with van der Waals surface area (Å²) < 4.78 is 10.7. The number of fused-ring (bicyclic) bond motifs is 2. The molecule has 2 amide bonds. The van der Waals surface area contributed by atoms with E-state index in [-0.39, 0.29) is 18.1 Å². The summed E-state index contributed by atoms with van der Waals surface area (Å²) in [5.41, 5.74) is 2.61. The Morgan fingerprint density at radius 1 is 0.881 bits per heavy atom. The first-order valence-corrected chi connectivity index (χ1v) is 18.2. The van der Waals surface area contributed by atoms with Crippen molar-refractivity contribution in [1.29, 1.82) is 0 Å². The van der Waals surface area contributed by atoms with Gasteiger partial charge in [0.2, 0.25) is 5.78 Å². The number of Topliss-reactive ketones (excluding diaryl/α,β-unsaturated/α-hetero) is 1. The summed E-state index contributed by atoms with van der Waals surface area (Å²) in [6, 6.07) is 11.9. The zero-order valence-electron chi connectivity index (χ0n) is 24.0. The molecule has 0 unspecified atom stereocenters. The van der Waals surface area contributed by atoms with Gasteiger partial charge in [-0.1, -0.05) is 28.2 Å². The van der Waals surface area contributed by atoms with E-state index in [9.17, 15) is 14.4 Å². The van der Waals surface area contributed by atoms with Gasteiger partial charge in [0, 0.05) is 71.9 Å². The number of amides is 2. The topological polar surface area (TPSA) is 88.2 Å². The second kappa shape index (κ2) is 16.4. The van der Waals surface area contributed by atoms with Crippen LogP contribution >= 0.6 is 45.1 Å². The van der Waals surface area contributed by atoms with Crippen molar-refractivity contribution in [2.75, 3.05) is 56.9 Å². The van der Waals surface area contributed by atoms with Gasteiger partial charge in [0.1, 0.15) is 11.5 Å². The zero-order valence-corrected chi connectivity index (χ0v) is 27.3. The first kappa shape index (κ1) is 32.5. The highest BCUT2D eigenvalue weighted by Crippen LogP contribution is 2.32. The zero-order chi connectivity index (χ0) is 29.9. The van der Waals surface area contributed by atoms with E-state index in [0.29, 0.717) is 38.3 Å². The van der Waals surface area contributed by atoms with E-state index in [1.165, 1.54) is 4.90 Å². The number of nitrogens with one attached hydrogen (secondary N) is 1. The summed E-state index contributed by atoms with van der Waals surface area (Å²) in [6.45, 7) is 6.92. The molecule has 0 radical (unpaired) electrons. The highest BCUT2D eigenvalue weighted by atomic mass is 33.1. The number of hydrogen-bond acceptors (Lipinski definition) is 10. The molecule has 1 N–H and O–H groups in total. The predicted octanol–water partition coefficient (Wildman–Crippen LogP) is 5.11. The first-order chi connectivity index (χ1) is 20.4. The van der Waals surface area contributed by atoms with Crippen molar-refractivity contribution in [3.05, 3.63) is 59.8 Å². The molecule has 2 aliphatic heterocycles. The summed E-state index contributed by atoms with van der Waals surface area (Å²) in [7, 11) is 6.57. The number of methoxy groups -OCH3 is 2. The van der Waals surface area contributed by atoms with E-state index in [2.05, 4.69) is 18.0 Å². The normalized spacial score (nSPS) is 14.6. The third-order valence-corrected chi connectivity index (χ3v) is 11.5. The van der Waals surface area contributed by atoms with Crippen LogP contribution in [-0.4, -0.2) is 84.3 Å². The third-order valence-electron chi connectivity index (χ3n) is 6.85. The molecule has 8 nitrogen and oxygen atoms in total. The summed E-state index contributed by atoms with van der Waals surface area (Å²) in [5, 5.41) is 2.97. The van der Waals surface area contributed by atoms with Gasteiger partial charge >= 0.3 is 0 Å². The Labute approximate surface area is 264 Å².